The van der Waals surface area contributed by atoms with E-state index >= 15 is 0 Å². The van der Waals surface area contributed by atoms with Gasteiger partial charge in [0.2, 0.25) is 0 Å². The largest absolute Gasteiger partial charge is 3.00 e. The van der Waals surface area contributed by atoms with Gasteiger partial charge in [-0.1, -0.05) is 0 Å². The number of hydrogen-bond donors (Lipinski definition) is 0. The van der Waals surface area contributed by atoms with Crippen molar-refractivity contribution in [1.82, 2.24) is 0 Å². The van der Waals surface area contributed by atoms with E-state index < -0.39 is 0 Å². The fourth-order valence-corrected chi connectivity index (χ4v) is 0. The van der Waals surface area contributed by atoms with Gasteiger partial charge in [-0.2, -0.15) is 0 Å². The number of hydrogen-bond acceptors (Lipinski definition) is 0. The van der Waals surface area contributed by atoms with E-state index in [4.69, 9.17) is 0 Å². The molecule has 0 aromatic carbocycles. The van der Waals surface area contributed by atoms with E-state index in [2.05, 4.69) is 0 Å². The molecule has 0 aromatic heterocycles. The normalized spacial score (nSPS) is 0. The first kappa shape index (κ1) is 1910. The molecule has 0 fully saturated rings. The van der Waals surface area contributed by atoms with Crippen molar-refractivity contribution in [1.29, 1.82) is 0 Å². The summed E-state index contributed by atoms with van der Waals surface area (Å²) in [6.45, 7) is 0. The first-order valence-corrected chi connectivity index (χ1v) is 0. The van der Waals surface area contributed by atoms with Crippen molar-refractivity contribution in [2.24, 2.45) is 0 Å². The van der Waals surface area contributed by atoms with Crippen LogP contribution in [0.4, 0.5) is 14.1 Å². The molecule has 0 unspecified atom stereocenters. The second-order valence-corrected chi connectivity index (χ2v) is 0. The molecule has 0 N–H and O–H groups in total. The molecule has 7 heteroatoms. The molecule has 0 atom stereocenters. The summed E-state index contributed by atoms with van der Waals surface area (Å²) >= 11 is 0. The zero-order valence-electron chi connectivity index (χ0n) is 2.81. The van der Waals surface area contributed by atoms with E-state index in [1.165, 1.54) is 0 Å². The molecule has 7 heavy (non-hydrogen) atoms. The van der Waals surface area contributed by atoms with Gasteiger partial charge in [-0.3, -0.25) is 14.1 Å². The molecule has 0 saturated heterocycles. The van der Waals surface area contributed by atoms with E-state index in [0.29, 0.717) is 0 Å². The molecule has 50 valence electrons. The Morgan fingerprint density at radius 2 is 0.429 bits per heavy atom. The van der Waals surface area contributed by atoms with E-state index in [-0.39, 0.29) is 52.7 Å². The van der Waals surface area contributed by atoms with Crippen molar-refractivity contribution in [2.45, 2.75) is 0 Å². The van der Waals surface area contributed by atoms with Crippen molar-refractivity contribution in [3.63, 3.8) is 0 Å². The number of rotatable bonds is 0. The summed E-state index contributed by atoms with van der Waals surface area (Å²) in [5, 5.41) is 0. The monoisotopic (exact) mass is 238 g/mol. The fourth-order valence-electron chi connectivity index (χ4n) is 0. The minimum atomic E-state index is 0. The van der Waals surface area contributed by atoms with Gasteiger partial charge in [0.05, 0.1) is 0 Å². The predicted octanol–water partition coefficient (Wildman–Crippen LogP) is -8.91. The Kier molecular flexibility index (Phi) is 321000. The van der Waals surface area contributed by atoms with Crippen molar-refractivity contribution >= 4 is 24.4 Å². The molecule has 0 aliphatic heterocycles. The molecule has 0 rings (SSSR count). The quantitative estimate of drug-likeness (QED) is 0.291. The predicted molar refractivity (Wildman–Crippen MR) is 13.3 cm³/mol. The van der Waals surface area contributed by atoms with Gasteiger partial charge in [0, 0.05) is 0 Å². The first-order chi connectivity index (χ1) is 0. The summed E-state index contributed by atoms with van der Waals surface area (Å²) in [5.74, 6) is 0. The van der Waals surface area contributed by atoms with Crippen molar-refractivity contribution in [2.75, 3.05) is 0 Å². The van der Waals surface area contributed by atoms with Gasteiger partial charge in [-0.05, 0) is 0 Å². The minimum Gasteiger partial charge on any atom is -1.00 e. The fraction of sp³-hybridized carbons (Fsp3) is 0. The second kappa shape index (κ2) is 1180. The summed E-state index contributed by atoms with van der Waals surface area (Å²) in [7, 11) is 0. The zero-order chi connectivity index (χ0) is 0. The Morgan fingerprint density at radius 1 is 0.429 bits per heavy atom. The molecule has 0 aromatic rings. The molecule has 0 aliphatic carbocycles. The maximum Gasteiger partial charge on any atom is 3.00 e. The third kappa shape index (κ3) is 781. The van der Waals surface area contributed by atoms with Crippen LogP contribution in [0.1, 0.15) is 0 Å². The molecule has 0 spiro atoms. The zero-order valence-corrected chi connectivity index (χ0v) is 5.36. The van der Waals surface area contributed by atoms with Crippen LogP contribution in [0.5, 0.6) is 0 Å². The SMILES string of the molecule is F.F.F.[F-].[F-].[F-].[Sb+3]. The van der Waals surface area contributed by atoms with Gasteiger partial charge < -0.3 is 14.1 Å². The molecule has 0 aliphatic rings. The van der Waals surface area contributed by atoms with Gasteiger partial charge in [0.25, 0.3) is 0 Å². The third-order valence-electron chi connectivity index (χ3n) is 0. The standard InChI is InChI=1S/6FH.Sb/h6*1H;/q;;;;;;+3/p-3. The number of halogens is 6. The van der Waals surface area contributed by atoms with E-state index in [1.807, 2.05) is 0 Å². The van der Waals surface area contributed by atoms with Crippen LogP contribution < -0.4 is 14.1 Å². The molecule has 0 nitrogen and oxygen atoms in total. The molecule has 0 saturated carbocycles. The smallest absolute Gasteiger partial charge is 1.00 e. The van der Waals surface area contributed by atoms with Gasteiger partial charge in [0.1, 0.15) is 0 Å². The molecule has 0 bridgehead atoms. The minimum absolute atomic E-state index is 0. The van der Waals surface area contributed by atoms with E-state index in [9.17, 15) is 0 Å². The summed E-state index contributed by atoms with van der Waals surface area (Å²) in [6.07, 6.45) is 0. The van der Waals surface area contributed by atoms with Gasteiger partial charge in [-0.15, -0.1) is 0 Å². The average molecular weight is 239 g/mol. The summed E-state index contributed by atoms with van der Waals surface area (Å²) in [6, 6.07) is 0. The summed E-state index contributed by atoms with van der Waals surface area (Å²) < 4.78 is 0. The average Bonchev–Trinajstić information content (AvgIpc) is 0. The van der Waals surface area contributed by atoms with Crippen LogP contribution in [0.15, 0.2) is 0 Å². The Balaban J connectivity index is 0. The van der Waals surface area contributed by atoms with Crippen molar-refractivity contribution in [3.8, 4) is 0 Å². The first-order valence-electron chi connectivity index (χ1n) is 0. The molecular formula is H3F6Sb. The van der Waals surface area contributed by atoms with Crippen LogP contribution in [0.25, 0.3) is 0 Å². The molecule has 2 radical (unpaired) electrons. The van der Waals surface area contributed by atoms with Gasteiger partial charge in [-0.25, -0.2) is 0 Å². The summed E-state index contributed by atoms with van der Waals surface area (Å²) in [5.41, 5.74) is 0. The molecule has 0 heterocycles. The third-order valence-corrected chi connectivity index (χ3v) is 0. The van der Waals surface area contributed by atoms with Crippen LogP contribution >= 0.6 is 0 Å². The van der Waals surface area contributed by atoms with Gasteiger partial charge in [0.15, 0.2) is 0 Å². The van der Waals surface area contributed by atoms with E-state index in [1.54, 1.807) is 0 Å². The maximum absolute atomic E-state index is 0. The van der Waals surface area contributed by atoms with E-state index in [0.717, 1.165) is 0 Å². The Hall–Kier alpha value is 0.398. The van der Waals surface area contributed by atoms with Crippen LogP contribution in [0.2, 0.25) is 0 Å². The van der Waals surface area contributed by atoms with Crippen molar-refractivity contribution in [3.05, 3.63) is 0 Å². The van der Waals surface area contributed by atoms with Crippen LogP contribution in [0, 0.1) is 0 Å². The Labute approximate surface area is 53.3 Å². The van der Waals surface area contributed by atoms with Crippen molar-refractivity contribution < 1.29 is 28.2 Å². The topological polar surface area (TPSA) is 0 Å². The second-order valence-electron chi connectivity index (χ2n) is 0. The van der Waals surface area contributed by atoms with Crippen LogP contribution in [0.3, 0.4) is 0 Å². The molecule has 0 amide bonds. The Morgan fingerprint density at radius 3 is 0.429 bits per heavy atom. The Bertz CT molecular complexity index is 4.14. The van der Waals surface area contributed by atoms with Crippen LogP contribution in [-0.2, 0) is 0 Å². The maximum atomic E-state index is 0. The summed E-state index contributed by atoms with van der Waals surface area (Å²) in [4.78, 5) is 0. The molecular weight excluding hydrogens is 236 g/mol. The van der Waals surface area contributed by atoms with Gasteiger partial charge >= 0.3 is 24.4 Å². The van der Waals surface area contributed by atoms with Crippen LogP contribution in [-0.4, -0.2) is 24.4 Å².